The van der Waals surface area contributed by atoms with E-state index in [0.717, 1.165) is 6.20 Å². The Morgan fingerprint density at radius 3 is 2.44 bits per heavy atom. The number of nitrogens with two attached hydrogens (primary N) is 2. The highest BCUT2D eigenvalue weighted by molar-refractivity contribution is 7.86. The van der Waals surface area contributed by atoms with Crippen LogP contribution < -0.4 is 11.6 Å². The van der Waals surface area contributed by atoms with Gasteiger partial charge in [0, 0.05) is 0 Å². The van der Waals surface area contributed by atoms with Crippen LogP contribution in [0.5, 0.6) is 0 Å². The maximum atomic E-state index is 10.3. The van der Waals surface area contributed by atoms with Gasteiger partial charge in [-0.2, -0.15) is 18.6 Å². The van der Waals surface area contributed by atoms with E-state index in [2.05, 4.69) is 10.2 Å². The molecule has 9 heavy (non-hydrogen) atoms. The maximum Gasteiger partial charge on any atom is 0.286 e. The van der Waals surface area contributed by atoms with Crippen LogP contribution in [-0.2, 0) is 14.4 Å². The molecule has 0 bridgehead atoms. The molecular weight excluding hydrogens is 144 g/mol. The van der Waals surface area contributed by atoms with Crippen LogP contribution in [0.15, 0.2) is 12.3 Å². The molecule has 0 aromatic heterocycles. The standard InChI is InChI=1S/C3H8N2O3S/c4-2-1-3-9(6,7)8-5/h1-2H,3-5H2. The van der Waals surface area contributed by atoms with Gasteiger partial charge in [-0.15, -0.1) is 0 Å². The lowest BCUT2D eigenvalue weighted by molar-refractivity contribution is 0.335. The van der Waals surface area contributed by atoms with Gasteiger partial charge < -0.3 is 5.73 Å². The zero-order chi connectivity index (χ0) is 7.33. The molecule has 0 rings (SSSR count). The van der Waals surface area contributed by atoms with Crippen LogP contribution in [0.2, 0.25) is 0 Å². The molecule has 0 aromatic carbocycles. The van der Waals surface area contributed by atoms with Crippen molar-refractivity contribution in [1.82, 2.24) is 0 Å². The first-order valence-electron chi connectivity index (χ1n) is 2.10. The van der Waals surface area contributed by atoms with Crippen molar-refractivity contribution in [3.8, 4) is 0 Å². The van der Waals surface area contributed by atoms with Gasteiger partial charge in [0.15, 0.2) is 0 Å². The molecule has 0 saturated heterocycles. The topological polar surface area (TPSA) is 95.4 Å². The molecule has 0 aliphatic rings. The third-order valence-electron chi connectivity index (χ3n) is 0.583. The molecule has 0 aliphatic carbocycles. The molecule has 4 N–H and O–H groups in total. The summed E-state index contributed by atoms with van der Waals surface area (Å²) >= 11 is 0. The first-order valence-corrected chi connectivity index (χ1v) is 3.68. The van der Waals surface area contributed by atoms with Crippen molar-refractivity contribution in [1.29, 1.82) is 0 Å². The fourth-order valence-electron chi connectivity index (χ4n) is 0.213. The van der Waals surface area contributed by atoms with Crippen LogP contribution in [0.4, 0.5) is 0 Å². The molecule has 0 radical (unpaired) electrons. The van der Waals surface area contributed by atoms with Crippen LogP contribution in [0.25, 0.3) is 0 Å². The Kier molecular flexibility index (Phi) is 3.21. The zero-order valence-corrected chi connectivity index (χ0v) is 5.47. The largest absolute Gasteiger partial charge is 0.405 e. The minimum Gasteiger partial charge on any atom is -0.405 e. The molecular formula is C3H8N2O3S. The third-order valence-corrected chi connectivity index (χ3v) is 1.48. The molecule has 0 heterocycles. The van der Waals surface area contributed by atoms with Gasteiger partial charge in [-0.25, -0.2) is 0 Å². The quantitative estimate of drug-likeness (QED) is 0.489. The molecule has 0 atom stereocenters. The first-order chi connectivity index (χ1) is 4.12. The second-order valence-electron chi connectivity index (χ2n) is 1.25. The highest BCUT2D eigenvalue weighted by Gasteiger charge is 2.03. The molecule has 0 amide bonds. The van der Waals surface area contributed by atoms with Crippen LogP contribution in [-0.4, -0.2) is 14.2 Å². The minimum atomic E-state index is -3.57. The van der Waals surface area contributed by atoms with Crippen molar-refractivity contribution < 1.29 is 12.7 Å². The number of rotatable bonds is 3. The van der Waals surface area contributed by atoms with Crippen molar-refractivity contribution in [2.45, 2.75) is 0 Å². The summed E-state index contributed by atoms with van der Waals surface area (Å²) in [4.78, 5) is 0. The van der Waals surface area contributed by atoms with Crippen molar-refractivity contribution in [3.05, 3.63) is 12.3 Å². The summed E-state index contributed by atoms with van der Waals surface area (Å²) < 4.78 is 24.2. The first kappa shape index (κ1) is 8.41. The van der Waals surface area contributed by atoms with E-state index >= 15 is 0 Å². The number of hydrogen-bond acceptors (Lipinski definition) is 5. The Balaban J connectivity index is 3.90. The fourth-order valence-corrected chi connectivity index (χ4v) is 0.638. The van der Waals surface area contributed by atoms with Crippen LogP contribution >= 0.6 is 0 Å². The SMILES string of the molecule is NC=CCS(=O)(=O)ON. The summed E-state index contributed by atoms with van der Waals surface area (Å²) in [5, 5.41) is 0. The van der Waals surface area contributed by atoms with Crippen molar-refractivity contribution in [2.75, 3.05) is 5.75 Å². The van der Waals surface area contributed by atoms with Crippen LogP contribution in [0, 0.1) is 0 Å². The predicted molar refractivity (Wildman–Crippen MR) is 32.4 cm³/mol. The van der Waals surface area contributed by atoms with Gasteiger partial charge in [0.1, 0.15) is 0 Å². The smallest absolute Gasteiger partial charge is 0.286 e. The van der Waals surface area contributed by atoms with E-state index in [1.165, 1.54) is 6.08 Å². The summed E-state index contributed by atoms with van der Waals surface area (Å²) in [6, 6.07) is 0. The van der Waals surface area contributed by atoms with Gasteiger partial charge in [-0.3, -0.25) is 0 Å². The lowest BCUT2D eigenvalue weighted by atomic mass is 10.7. The second kappa shape index (κ2) is 3.44. The van der Waals surface area contributed by atoms with E-state index < -0.39 is 10.1 Å². The molecule has 5 nitrogen and oxygen atoms in total. The van der Waals surface area contributed by atoms with E-state index in [9.17, 15) is 8.42 Å². The Morgan fingerprint density at radius 2 is 2.11 bits per heavy atom. The summed E-state index contributed by atoms with van der Waals surface area (Å²) in [7, 11) is -3.57. The predicted octanol–water partition coefficient (Wildman–Crippen LogP) is -1.32. The molecule has 6 heteroatoms. The van der Waals surface area contributed by atoms with Crippen LogP contribution in [0.3, 0.4) is 0 Å². The van der Waals surface area contributed by atoms with Crippen molar-refractivity contribution in [2.24, 2.45) is 11.6 Å². The lowest BCUT2D eigenvalue weighted by Crippen LogP contribution is -2.13. The molecule has 0 unspecified atom stereocenters. The van der Waals surface area contributed by atoms with Crippen molar-refractivity contribution >= 4 is 10.1 Å². The van der Waals surface area contributed by atoms with Gasteiger partial charge in [-0.05, 0) is 6.20 Å². The average molecular weight is 152 g/mol. The number of hydrogen-bond donors (Lipinski definition) is 2. The van der Waals surface area contributed by atoms with Gasteiger partial charge >= 0.3 is 0 Å². The zero-order valence-electron chi connectivity index (χ0n) is 4.65. The third kappa shape index (κ3) is 3.95. The fraction of sp³-hybridized carbons (Fsp3) is 0.333. The molecule has 0 aromatic rings. The van der Waals surface area contributed by atoms with Gasteiger partial charge in [0.25, 0.3) is 10.1 Å². The molecule has 54 valence electrons. The summed E-state index contributed by atoms with van der Waals surface area (Å²) in [5.41, 5.74) is 4.85. The van der Waals surface area contributed by atoms with Gasteiger partial charge in [0.05, 0.1) is 5.75 Å². The summed E-state index contributed by atoms with van der Waals surface area (Å²) in [5.74, 6) is 4.09. The Bertz CT molecular complexity index is 183. The normalized spacial score (nSPS) is 12.6. The summed E-state index contributed by atoms with van der Waals surface area (Å²) in [6.07, 6.45) is 2.33. The van der Waals surface area contributed by atoms with E-state index in [1.54, 1.807) is 0 Å². The molecule has 0 aliphatic heterocycles. The average Bonchev–Trinajstić information content (AvgIpc) is 1.84. The van der Waals surface area contributed by atoms with E-state index in [4.69, 9.17) is 5.73 Å². The Hall–Kier alpha value is -0.590. The molecule has 0 fully saturated rings. The Morgan fingerprint density at radius 1 is 1.56 bits per heavy atom. The van der Waals surface area contributed by atoms with E-state index in [0.29, 0.717) is 0 Å². The highest BCUT2D eigenvalue weighted by Crippen LogP contribution is 1.86. The minimum absolute atomic E-state index is 0.292. The maximum absolute atomic E-state index is 10.3. The van der Waals surface area contributed by atoms with E-state index in [1.807, 2.05) is 0 Å². The van der Waals surface area contributed by atoms with Gasteiger partial charge in [0.2, 0.25) is 0 Å². The van der Waals surface area contributed by atoms with Crippen LogP contribution in [0.1, 0.15) is 0 Å². The Labute approximate surface area is 53.4 Å². The monoisotopic (exact) mass is 152 g/mol. The van der Waals surface area contributed by atoms with E-state index in [-0.39, 0.29) is 5.75 Å². The van der Waals surface area contributed by atoms with Crippen molar-refractivity contribution in [3.63, 3.8) is 0 Å². The lowest BCUT2D eigenvalue weighted by Gasteiger charge is -1.91. The highest BCUT2D eigenvalue weighted by atomic mass is 32.2. The summed E-state index contributed by atoms with van der Waals surface area (Å²) in [6.45, 7) is 0. The second-order valence-corrected chi connectivity index (χ2v) is 2.89. The molecule has 0 spiro atoms. The van der Waals surface area contributed by atoms with Gasteiger partial charge in [-0.1, -0.05) is 6.08 Å². The molecule has 0 saturated carbocycles.